The lowest BCUT2D eigenvalue weighted by molar-refractivity contribution is 0.0315. The molecular weight excluding hydrogens is 332 g/mol. The summed E-state index contributed by atoms with van der Waals surface area (Å²) in [5.74, 6) is -1.21. The van der Waals surface area contributed by atoms with Crippen molar-refractivity contribution in [1.29, 1.82) is 0 Å². The van der Waals surface area contributed by atoms with E-state index >= 15 is 0 Å². The predicted molar refractivity (Wildman–Crippen MR) is 97.5 cm³/mol. The van der Waals surface area contributed by atoms with Crippen LogP contribution < -0.4 is 5.63 Å². The number of benzene rings is 2. The molecule has 0 aliphatic heterocycles. The summed E-state index contributed by atoms with van der Waals surface area (Å²) in [7, 11) is 0. The van der Waals surface area contributed by atoms with Crippen molar-refractivity contribution in [2.75, 3.05) is 0 Å². The van der Waals surface area contributed by atoms with Gasteiger partial charge in [-0.2, -0.15) is 0 Å². The molecule has 5 nitrogen and oxygen atoms in total. The van der Waals surface area contributed by atoms with Crippen molar-refractivity contribution in [3.05, 3.63) is 81.7 Å². The zero-order valence-electron chi connectivity index (χ0n) is 14.5. The van der Waals surface area contributed by atoms with Gasteiger partial charge in [-0.3, -0.25) is 4.79 Å². The van der Waals surface area contributed by atoms with Gasteiger partial charge in [0.05, 0.1) is 0 Å². The average molecular weight is 350 g/mol. The Bertz CT molecular complexity index is 1010. The van der Waals surface area contributed by atoms with E-state index in [1.165, 1.54) is 13.0 Å². The lowest BCUT2D eigenvalue weighted by atomic mass is 10.0. The van der Waals surface area contributed by atoms with Gasteiger partial charge in [0.15, 0.2) is 6.10 Å². The second-order valence-corrected chi connectivity index (χ2v) is 5.95. The van der Waals surface area contributed by atoms with Crippen LogP contribution in [0.15, 0.2) is 63.8 Å². The molecule has 2 aromatic carbocycles. The van der Waals surface area contributed by atoms with Crippen LogP contribution >= 0.6 is 0 Å². The molecule has 0 bridgehead atoms. The largest absolute Gasteiger partial charge is 0.450 e. The third-order valence-electron chi connectivity index (χ3n) is 4.16. The summed E-state index contributed by atoms with van der Waals surface area (Å²) in [6.45, 7) is 3.51. The van der Waals surface area contributed by atoms with Crippen molar-refractivity contribution in [3.8, 4) is 0 Å². The Labute approximate surface area is 150 Å². The zero-order chi connectivity index (χ0) is 18.7. The third-order valence-corrected chi connectivity index (χ3v) is 4.16. The van der Waals surface area contributed by atoms with Crippen molar-refractivity contribution in [2.24, 2.45) is 0 Å². The van der Waals surface area contributed by atoms with Gasteiger partial charge in [-0.1, -0.05) is 49.4 Å². The van der Waals surface area contributed by atoms with Crippen LogP contribution in [0.5, 0.6) is 0 Å². The van der Waals surface area contributed by atoms with Crippen molar-refractivity contribution in [1.82, 2.24) is 0 Å². The number of fused-ring (bicyclic) bond motifs is 1. The minimum absolute atomic E-state index is 0.232. The summed E-state index contributed by atoms with van der Waals surface area (Å²) in [5, 5.41) is 0.605. The molecule has 1 heterocycles. The van der Waals surface area contributed by atoms with Gasteiger partial charge in [0.1, 0.15) is 11.1 Å². The minimum atomic E-state index is -1.01. The highest BCUT2D eigenvalue weighted by Crippen LogP contribution is 2.15. The number of aryl methyl sites for hydroxylation is 1. The van der Waals surface area contributed by atoms with Crippen LogP contribution in [-0.4, -0.2) is 17.9 Å². The Hall–Kier alpha value is -3.21. The van der Waals surface area contributed by atoms with E-state index in [0.29, 0.717) is 16.5 Å². The van der Waals surface area contributed by atoms with Gasteiger partial charge in [0.25, 0.3) is 0 Å². The molecule has 0 saturated heterocycles. The number of hydrogen-bond acceptors (Lipinski definition) is 5. The number of para-hydroxylation sites is 1. The molecule has 5 heteroatoms. The Morgan fingerprint density at radius 1 is 1.08 bits per heavy atom. The lowest BCUT2D eigenvalue weighted by Gasteiger charge is -2.12. The molecule has 0 fully saturated rings. The molecular formula is C21H18O5. The molecule has 3 rings (SSSR count). The second kappa shape index (κ2) is 7.35. The molecule has 26 heavy (non-hydrogen) atoms. The van der Waals surface area contributed by atoms with E-state index in [9.17, 15) is 14.4 Å². The van der Waals surface area contributed by atoms with Gasteiger partial charge in [-0.25, -0.2) is 9.59 Å². The zero-order valence-corrected chi connectivity index (χ0v) is 14.5. The number of Topliss-reactive ketones (excluding diaryl/α,β-unsaturated/α-hetero) is 1. The van der Waals surface area contributed by atoms with Crippen LogP contribution in [0.2, 0.25) is 0 Å². The van der Waals surface area contributed by atoms with Crippen molar-refractivity contribution < 1.29 is 18.7 Å². The normalized spacial score (nSPS) is 11.9. The molecule has 0 aliphatic rings. The monoisotopic (exact) mass is 350 g/mol. The minimum Gasteiger partial charge on any atom is -0.450 e. The van der Waals surface area contributed by atoms with Crippen LogP contribution in [0, 0.1) is 0 Å². The first-order valence-electron chi connectivity index (χ1n) is 8.36. The van der Waals surface area contributed by atoms with Crippen molar-refractivity contribution in [2.45, 2.75) is 26.4 Å². The molecule has 0 unspecified atom stereocenters. The van der Waals surface area contributed by atoms with Crippen LogP contribution in [0.25, 0.3) is 11.0 Å². The lowest BCUT2D eigenvalue weighted by Crippen LogP contribution is -2.27. The molecule has 1 aromatic heterocycles. The van der Waals surface area contributed by atoms with E-state index in [0.717, 1.165) is 12.0 Å². The smallest absolute Gasteiger partial charge is 0.351 e. The third kappa shape index (κ3) is 3.57. The first-order valence-corrected chi connectivity index (χ1v) is 8.36. The number of rotatable bonds is 5. The number of ketones is 1. The number of carbonyl (C=O) groups excluding carboxylic acids is 2. The van der Waals surface area contributed by atoms with Gasteiger partial charge in [-0.15, -0.1) is 0 Å². The molecule has 3 aromatic rings. The molecule has 0 spiro atoms. The fourth-order valence-electron chi connectivity index (χ4n) is 2.62. The number of esters is 1. The Morgan fingerprint density at radius 2 is 1.77 bits per heavy atom. The Kier molecular flexibility index (Phi) is 4.98. The summed E-state index contributed by atoms with van der Waals surface area (Å²) >= 11 is 0. The van der Waals surface area contributed by atoms with Gasteiger partial charge < -0.3 is 9.15 Å². The first kappa shape index (κ1) is 17.6. The fraction of sp³-hybridized carbons (Fsp3) is 0.190. The molecule has 0 amide bonds. The maximum absolute atomic E-state index is 12.4. The second-order valence-electron chi connectivity index (χ2n) is 5.95. The topological polar surface area (TPSA) is 73.6 Å². The van der Waals surface area contributed by atoms with E-state index in [1.807, 2.05) is 19.1 Å². The summed E-state index contributed by atoms with van der Waals surface area (Å²) in [6, 6.07) is 15.4. The highest BCUT2D eigenvalue weighted by molar-refractivity contribution is 6.01. The summed E-state index contributed by atoms with van der Waals surface area (Å²) in [5.41, 5.74) is 0.924. The average Bonchev–Trinajstić information content (AvgIpc) is 2.66. The Morgan fingerprint density at radius 3 is 2.46 bits per heavy atom. The van der Waals surface area contributed by atoms with Crippen LogP contribution in [-0.2, 0) is 11.2 Å². The van der Waals surface area contributed by atoms with E-state index in [4.69, 9.17) is 9.15 Å². The quantitative estimate of drug-likeness (QED) is 0.398. The number of hydrogen-bond donors (Lipinski definition) is 0. The van der Waals surface area contributed by atoms with Crippen LogP contribution in [0.1, 0.15) is 40.1 Å². The highest BCUT2D eigenvalue weighted by Gasteiger charge is 2.23. The molecule has 0 aliphatic carbocycles. The maximum atomic E-state index is 12.4. The summed E-state index contributed by atoms with van der Waals surface area (Å²) < 4.78 is 10.3. The van der Waals surface area contributed by atoms with Gasteiger partial charge in [0, 0.05) is 10.9 Å². The number of ether oxygens (including phenoxy) is 1. The van der Waals surface area contributed by atoms with Crippen LogP contribution in [0.3, 0.4) is 0 Å². The SMILES string of the molecule is CCc1ccc(C(=O)[C@H](C)OC(=O)c2cc3ccccc3oc2=O)cc1. The number of carbonyl (C=O) groups is 2. The van der Waals surface area contributed by atoms with E-state index in [-0.39, 0.29) is 11.3 Å². The molecule has 132 valence electrons. The van der Waals surface area contributed by atoms with E-state index in [1.54, 1.807) is 36.4 Å². The van der Waals surface area contributed by atoms with Crippen LogP contribution in [0.4, 0.5) is 0 Å². The predicted octanol–water partition coefficient (Wildman–Crippen LogP) is 3.78. The van der Waals surface area contributed by atoms with Gasteiger partial charge in [-0.05, 0) is 31.0 Å². The van der Waals surface area contributed by atoms with Gasteiger partial charge >= 0.3 is 11.6 Å². The molecule has 1 atom stereocenters. The van der Waals surface area contributed by atoms with E-state index < -0.39 is 17.7 Å². The Balaban J connectivity index is 1.79. The maximum Gasteiger partial charge on any atom is 0.351 e. The van der Waals surface area contributed by atoms with Gasteiger partial charge in [0.2, 0.25) is 5.78 Å². The first-order chi connectivity index (χ1) is 12.5. The van der Waals surface area contributed by atoms with Crippen molar-refractivity contribution in [3.63, 3.8) is 0 Å². The summed E-state index contributed by atoms with van der Waals surface area (Å²) in [6.07, 6.45) is -0.141. The standard InChI is InChI=1S/C21H18O5/c1-3-14-8-10-15(11-9-14)19(22)13(2)25-20(23)17-12-16-6-4-5-7-18(16)26-21(17)24/h4-13H,3H2,1-2H3/t13-/m0/s1. The summed E-state index contributed by atoms with van der Waals surface area (Å²) in [4.78, 5) is 36.8. The highest BCUT2D eigenvalue weighted by atomic mass is 16.5. The molecule has 0 N–H and O–H groups in total. The molecule has 0 saturated carbocycles. The fourth-order valence-corrected chi connectivity index (χ4v) is 2.62. The molecule has 0 radical (unpaired) electrons. The van der Waals surface area contributed by atoms with E-state index in [2.05, 4.69) is 0 Å². The van der Waals surface area contributed by atoms with Crippen molar-refractivity contribution >= 4 is 22.7 Å².